The van der Waals surface area contributed by atoms with Gasteiger partial charge in [-0.05, 0) is 61.6 Å². The molecule has 1 fully saturated rings. The fourth-order valence-electron chi connectivity index (χ4n) is 3.40. The molecule has 0 saturated carbocycles. The van der Waals surface area contributed by atoms with Gasteiger partial charge in [-0.15, -0.1) is 0 Å². The first kappa shape index (κ1) is 23.1. The minimum Gasteiger partial charge on any atom is -0.326 e. The van der Waals surface area contributed by atoms with Gasteiger partial charge in [0.25, 0.3) is 0 Å². The van der Waals surface area contributed by atoms with Crippen molar-refractivity contribution < 1.29 is 9.59 Å². The van der Waals surface area contributed by atoms with Gasteiger partial charge in [0.15, 0.2) is 5.17 Å². The van der Waals surface area contributed by atoms with Crippen LogP contribution in [-0.4, -0.2) is 33.7 Å². The molecule has 5 nitrogen and oxygen atoms in total. The lowest BCUT2D eigenvalue weighted by Gasteiger charge is -2.16. The minimum absolute atomic E-state index is 0.0292. The summed E-state index contributed by atoms with van der Waals surface area (Å²) in [7, 11) is 0. The van der Waals surface area contributed by atoms with Gasteiger partial charge < -0.3 is 5.32 Å². The number of hydrogen-bond donors (Lipinski definition) is 1. The molecule has 0 spiro atoms. The average Bonchev–Trinajstić information content (AvgIpc) is 3.03. The van der Waals surface area contributed by atoms with Gasteiger partial charge in [-0.25, -0.2) is 4.99 Å². The number of nitrogens with one attached hydrogen (secondary N) is 1. The first-order valence-corrected chi connectivity index (χ1v) is 11.8. The van der Waals surface area contributed by atoms with E-state index in [-0.39, 0.29) is 18.2 Å². The van der Waals surface area contributed by atoms with E-state index in [1.807, 2.05) is 44.2 Å². The van der Waals surface area contributed by atoms with E-state index in [0.717, 1.165) is 41.8 Å². The second-order valence-electron chi connectivity index (χ2n) is 7.93. The number of unbranched alkanes of at least 4 members (excludes halogenated alkanes) is 1. The molecule has 1 unspecified atom stereocenters. The summed E-state index contributed by atoms with van der Waals surface area (Å²) in [5.74, 6) is -0.179. The number of aliphatic imine (C=N–C) groups is 1. The van der Waals surface area contributed by atoms with Crippen LogP contribution in [0.3, 0.4) is 0 Å². The Labute approximate surface area is 189 Å². The Morgan fingerprint density at radius 2 is 1.87 bits per heavy atom. The van der Waals surface area contributed by atoms with E-state index < -0.39 is 5.25 Å². The molecule has 2 aromatic rings. The SMILES string of the molecule is CCCCN1C(=O)C(CC(=O)Nc2cc(C)ccc2C)SC1=Nc1ccc(CC)cc1. The Balaban J connectivity index is 1.74. The topological polar surface area (TPSA) is 61.8 Å². The van der Waals surface area contributed by atoms with E-state index in [9.17, 15) is 9.59 Å². The van der Waals surface area contributed by atoms with Crippen LogP contribution in [0.2, 0.25) is 0 Å². The van der Waals surface area contributed by atoms with Crippen molar-refractivity contribution in [2.45, 2.75) is 58.6 Å². The molecule has 1 atom stereocenters. The van der Waals surface area contributed by atoms with Crippen molar-refractivity contribution in [3.05, 3.63) is 59.2 Å². The standard InChI is InChI=1S/C25H31N3O2S/c1-5-7-14-28-24(30)22(16-23(29)27-21-15-17(3)8-9-18(21)4)31-25(28)26-20-12-10-19(6-2)11-13-20/h8-13,15,22H,5-7,14,16H2,1-4H3,(H,27,29). The molecular weight excluding hydrogens is 406 g/mol. The summed E-state index contributed by atoms with van der Waals surface area (Å²) in [4.78, 5) is 32.3. The third-order valence-corrected chi connectivity index (χ3v) is 6.54. The second-order valence-corrected chi connectivity index (χ2v) is 9.10. The summed E-state index contributed by atoms with van der Waals surface area (Å²) in [6.45, 7) is 8.80. The Hall–Kier alpha value is -2.60. The van der Waals surface area contributed by atoms with E-state index in [0.29, 0.717) is 11.7 Å². The molecule has 31 heavy (non-hydrogen) atoms. The van der Waals surface area contributed by atoms with Gasteiger partial charge in [0.05, 0.1) is 5.69 Å². The third-order valence-electron chi connectivity index (χ3n) is 5.36. The van der Waals surface area contributed by atoms with Crippen LogP contribution in [0.5, 0.6) is 0 Å². The van der Waals surface area contributed by atoms with Gasteiger partial charge in [-0.2, -0.15) is 0 Å². The molecule has 1 saturated heterocycles. The predicted molar refractivity (Wildman–Crippen MR) is 130 cm³/mol. The summed E-state index contributed by atoms with van der Waals surface area (Å²) in [5.41, 5.74) is 4.97. The molecule has 2 amide bonds. The Morgan fingerprint density at radius 1 is 1.13 bits per heavy atom. The molecule has 1 aliphatic heterocycles. The summed E-state index contributed by atoms with van der Waals surface area (Å²) in [5, 5.41) is 3.21. The van der Waals surface area contributed by atoms with Gasteiger partial charge in [-0.3, -0.25) is 14.5 Å². The molecular formula is C25H31N3O2S. The zero-order valence-electron chi connectivity index (χ0n) is 18.8. The zero-order valence-corrected chi connectivity index (χ0v) is 19.6. The van der Waals surface area contributed by atoms with Gasteiger partial charge in [0.2, 0.25) is 11.8 Å². The highest BCUT2D eigenvalue weighted by Crippen LogP contribution is 2.32. The maximum absolute atomic E-state index is 13.1. The number of hydrogen-bond acceptors (Lipinski definition) is 4. The number of amidine groups is 1. The lowest BCUT2D eigenvalue weighted by molar-refractivity contribution is -0.128. The van der Waals surface area contributed by atoms with Crippen molar-refractivity contribution in [3.63, 3.8) is 0 Å². The largest absolute Gasteiger partial charge is 0.326 e. The fourth-order valence-corrected chi connectivity index (χ4v) is 4.59. The van der Waals surface area contributed by atoms with Crippen LogP contribution < -0.4 is 5.32 Å². The molecule has 0 aliphatic carbocycles. The van der Waals surface area contributed by atoms with E-state index in [1.165, 1.54) is 17.3 Å². The average molecular weight is 438 g/mol. The van der Waals surface area contributed by atoms with E-state index in [2.05, 4.69) is 31.3 Å². The molecule has 164 valence electrons. The fraction of sp³-hybridized carbons (Fsp3) is 0.400. The molecule has 0 aromatic heterocycles. The number of anilines is 1. The van der Waals surface area contributed by atoms with Crippen LogP contribution in [0.1, 0.15) is 49.8 Å². The van der Waals surface area contributed by atoms with Crippen LogP contribution >= 0.6 is 11.8 Å². The Bertz CT molecular complexity index is 969. The number of rotatable bonds is 8. The van der Waals surface area contributed by atoms with Crippen molar-refractivity contribution >= 4 is 40.1 Å². The maximum atomic E-state index is 13.1. The van der Waals surface area contributed by atoms with Crippen LogP contribution in [0, 0.1) is 13.8 Å². The highest BCUT2D eigenvalue weighted by Gasteiger charge is 2.38. The van der Waals surface area contributed by atoms with Crippen molar-refractivity contribution in [3.8, 4) is 0 Å². The van der Waals surface area contributed by atoms with Gasteiger partial charge in [0.1, 0.15) is 5.25 Å². The van der Waals surface area contributed by atoms with Crippen LogP contribution in [0.15, 0.2) is 47.5 Å². The minimum atomic E-state index is -0.448. The van der Waals surface area contributed by atoms with Crippen molar-refractivity contribution in [1.29, 1.82) is 0 Å². The van der Waals surface area contributed by atoms with Gasteiger partial charge >= 0.3 is 0 Å². The van der Waals surface area contributed by atoms with E-state index >= 15 is 0 Å². The monoisotopic (exact) mass is 437 g/mol. The third kappa shape index (κ3) is 5.97. The number of benzene rings is 2. The van der Waals surface area contributed by atoms with E-state index in [4.69, 9.17) is 4.99 Å². The smallest absolute Gasteiger partial charge is 0.242 e. The lowest BCUT2D eigenvalue weighted by Crippen LogP contribution is -2.34. The highest BCUT2D eigenvalue weighted by atomic mass is 32.2. The predicted octanol–water partition coefficient (Wildman–Crippen LogP) is 5.63. The molecule has 0 bridgehead atoms. The van der Waals surface area contributed by atoms with Crippen LogP contribution in [0.25, 0.3) is 0 Å². The van der Waals surface area contributed by atoms with E-state index in [1.54, 1.807) is 4.90 Å². The lowest BCUT2D eigenvalue weighted by atomic mass is 10.1. The molecule has 0 radical (unpaired) electrons. The summed E-state index contributed by atoms with van der Waals surface area (Å²) < 4.78 is 0. The Kier molecular flexibility index (Phi) is 7.91. The maximum Gasteiger partial charge on any atom is 0.242 e. The Morgan fingerprint density at radius 3 is 2.55 bits per heavy atom. The van der Waals surface area contributed by atoms with Crippen LogP contribution in [0.4, 0.5) is 11.4 Å². The summed E-state index contributed by atoms with van der Waals surface area (Å²) in [6, 6.07) is 14.0. The molecule has 1 heterocycles. The number of nitrogens with zero attached hydrogens (tertiary/aromatic N) is 2. The summed E-state index contributed by atoms with van der Waals surface area (Å²) >= 11 is 1.39. The van der Waals surface area contributed by atoms with Crippen molar-refractivity contribution in [2.24, 2.45) is 4.99 Å². The number of carbonyl (C=O) groups is 2. The first-order chi connectivity index (χ1) is 14.9. The van der Waals surface area contributed by atoms with Crippen molar-refractivity contribution in [1.82, 2.24) is 4.90 Å². The first-order valence-electron chi connectivity index (χ1n) is 10.9. The molecule has 1 aliphatic rings. The molecule has 1 N–H and O–H groups in total. The molecule has 3 rings (SSSR count). The molecule has 6 heteroatoms. The number of amides is 2. The highest BCUT2D eigenvalue weighted by molar-refractivity contribution is 8.15. The quantitative estimate of drug-likeness (QED) is 0.582. The zero-order chi connectivity index (χ0) is 22.4. The van der Waals surface area contributed by atoms with Gasteiger partial charge in [0, 0.05) is 18.7 Å². The molecule has 2 aromatic carbocycles. The number of carbonyl (C=O) groups excluding carboxylic acids is 2. The second kappa shape index (κ2) is 10.6. The van der Waals surface area contributed by atoms with Gasteiger partial charge in [-0.1, -0.05) is 56.3 Å². The summed E-state index contributed by atoms with van der Waals surface area (Å²) in [6.07, 6.45) is 3.00. The number of thioether (sulfide) groups is 1. The number of aryl methyl sites for hydroxylation is 3. The normalized spacial score (nSPS) is 17.4. The van der Waals surface area contributed by atoms with Crippen LogP contribution in [-0.2, 0) is 16.0 Å². The van der Waals surface area contributed by atoms with Crippen molar-refractivity contribution in [2.75, 3.05) is 11.9 Å².